The number of hydrogen-bond acceptors (Lipinski definition) is 5. The lowest BCUT2D eigenvalue weighted by Gasteiger charge is -2.17. The molecule has 0 aromatic heterocycles. The molecule has 0 amide bonds. The molecule has 0 aliphatic heterocycles. The van der Waals surface area contributed by atoms with Crippen LogP contribution in [0.1, 0.15) is 24.2 Å². The number of benzene rings is 1. The van der Waals surface area contributed by atoms with Gasteiger partial charge in [-0.05, 0) is 37.1 Å². The summed E-state index contributed by atoms with van der Waals surface area (Å²) in [6, 6.07) is 2.73. The van der Waals surface area contributed by atoms with E-state index >= 15 is 0 Å². The van der Waals surface area contributed by atoms with Gasteiger partial charge in [0.25, 0.3) is 0 Å². The molecule has 0 aliphatic rings. The van der Waals surface area contributed by atoms with Crippen LogP contribution in [0.3, 0.4) is 0 Å². The molecule has 0 spiro atoms. The minimum Gasteiger partial charge on any atom is -0.506 e. The molecule has 0 saturated carbocycles. The smallest absolute Gasteiger partial charge is 0.338 e. The van der Waals surface area contributed by atoms with Crippen molar-refractivity contribution in [1.82, 2.24) is 0 Å². The third-order valence-corrected chi connectivity index (χ3v) is 2.73. The molecule has 2 atom stereocenters. The predicted octanol–water partition coefficient (Wildman–Crippen LogP) is 1.31. The van der Waals surface area contributed by atoms with Crippen LogP contribution in [-0.4, -0.2) is 34.0 Å². The third-order valence-electron chi connectivity index (χ3n) is 2.44. The largest absolute Gasteiger partial charge is 0.506 e. The first kappa shape index (κ1) is 14.8. The number of hydrogen-bond donors (Lipinski definition) is 3. The Balaban J connectivity index is 2.97. The molecular weight excluding hydrogens is 260 g/mol. The lowest BCUT2D eigenvalue weighted by Crippen LogP contribution is -2.29. The maximum absolute atomic E-state index is 11.3. The second-order valence-corrected chi connectivity index (χ2v) is 4.22. The Morgan fingerprint density at radius 3 is 2.56 bits per heavy atom. The molecule has 0 bridgehead atoms. The number of carbonyl (C=O) groups excluding carboxylic acids is 1. The van der Waals surface area contributed by atoms with Crippen LogP contribution in [0, 0.1) is 6.92 Å². The SMILES string of the molecule is CCOC(=O)C(O)C(O)c1cc(C)c(O)c(Cl)c1. The molecule has 1 aromatic carbocycles. The fourth-order valence-electron chi connectivity index (χ4n) is 1.47. The van der Waals surface area contributed by atoms with Crippen LogP contribution in [0.2, 0.25) is 5.02 Å². The quantitative estimate of drug-likeness (QED) is 0.721. The Bertz CT molecular complexity index is 423. The number of halogens is 1. The highest BCUT2D eigenvalue weighted by atomic mass is 35.5. The van der Waals surface area contributed by atoms with E-state index in [4.69, 9.17) is 11.6 Å². The predicted molar refractivity (Wildman–Crippen MR) is 65.5 cm³/mol. The zero-order chi connectivity index (χ0) is 13.9. The Morgan fingerprint density at radius 2 is 2.06 bits per heavy atom. The summed E-state index contributed by atoms with van der Waals surface area (Å²) in [4.78, 5) is 11.3. The lowest BCUT2D eigenvalue weighted by molar-refractivity contribution is -0.159. The number of phenols is 1. The van der Waals surface area contributed by atoms with Crippen LogP contribution in [-0.2, 0) is 9.53 Å². The normalized spacial score (nSPS) is 14.1. The first-order valence-corrected chi connectivity index (χ1v) is 5.78. The number of carbonyl (C=O) groups is 1. The van der Waals surface area contributed by atoms with E-state index in [1.807, 2.05) is 0 Å². The molecule has 1 aromatic rings. The maximum atomic E-state index is 11.3. The highest BCUT2D eigenvalue weighted by Crippen LogP contribution is 2.31. The zero-order valence-corrected chi connectivity index (χ0v) is 10.8. The number of rotatable bonds is 4. The summed E-state index contributed by atoms with van der Waals surface area (Å²) in [7, 11) is 0. The van der Waals surface area contributed by atoms with Crippen molar-refractivity contribution in [1.29, 1.82) is 0 Å². The topological polar surface area (TPSA) is 87.0 Å². The molecule has 1 rings (SSSR count). The summed E-state index contributed by atoms with van der Waals surface area (Å²) in [6.45, 7) is 3.30. The number of esters is 1. The summed E-state index contributed by atoms with van der Waals surface area (Å²) in [5.41, 5.74) is 0.670. The summed E-state index contributed by atoms with van der Waals surface area (Å²) in [5, 5.41) is 28.9. The lowest BCUT2D eigenvalue weighted by atomic mass is 10.0. The van der Waals surface area contributed by atoms with Gasteiger partial charge in [0.1, 0.15) is 11.9 Å². The minimum absolute atomic E-state index is 0.0418. The molecule has 100 valence electrons. The fraction of sp³-hybridized carbons (Fsp3) is 0.417. The molecule has 0 radical (unpaired) electrons. The van der Waals surface area contributed by atoms with Crippen LogP contribution in [0.4, 0.5) is 0 Å². The molecule has 0 heterocycles. The van der Waals surface area contributed by atoms with Gasteiger partial charge < -0.3 is 20.1 Å². The van der Waals surface area contributed by atoms with Gasteiger partial charge in [-0.2, -0.15) is 0 Å². The average molecular weight is 275 g/mol. The van der Waals surface area contributed by atoms with E-state index in [-0.39, 0.29) is 22.9 Å². The molecule has 2 unspecified atom stereocenters. The van der Waals surface area contributed by atoms with Crippen molar-refractivity contribution < 1.29 is 24.9 Å². The van der Waals surface area contributed by atoms with Crippen molar-refractivity contribution in [2.45, 2.75) is 26.1 Å². The van der Waals surface area contributed by atoms with Gasteiger partial charge in [-0.25, -0.2) is 4.79 Å². The van der Waals surface area contributed by atoms with Crippen molar-refractivity contribution >= 4 is 17.6 Å². The van der Waals surface area contributed by atoms with Gasteiger partial charge in [-0.1, -0.05) is 11.6 Å². The second kappa shape index (κ2) is 6.04. The monoisotopic (exact) mass is 274 g/mol. The molecule has 5 nitrogen and oxygen atoms in total. The number of phenolic OH excluding ortho intramolecular Hbond substituents is 1. The van der Waals surface area contributed by atoms with E-state index in [9.17, 15) is 20.1 Å². The molecule has 18 heavy (non-hydrogen) atoms. The third kappa shape index (κ3) is 3.13. The Kier molecular flexibility index (Phi) is 4.95. The average Bonchev–Trinajstić information content (AvgIpc) is 2.33. The second-order valence-electron chi connectivity index (χ2n) is 3.81. The number of aromatic hydroxyl groups is 1. The van der Waals surface area contributed by atoms with E-state index in [0.717, 1.165) is 0 Å². The first-order valence-electron chi connectivity index (χ1n) is 5.40. The van der Waals surface area contributed by atoms with Gasteiger partial charge in [-0.15, -0.1) is 0 Å². The van der Waals surface area contributed by atoms with Crippen molar-refractivity contribution in [2.24, 2.45) is 0 Å². The molecular formula is C12H15ClO5. The van der Waals surface area contributed by atoms with Crippen LogP contribution < -0.4 is 0 Å². The Morgan fingerprint density at radius 1 is 1.44 bits per heavy atom. The number of ether oxygens (including phenoxy) is 1. The molecule has 3 N–H and O–H groups in total. The summed E-state index contributed by atoms with van der Waals surface area (Å²) in [6.07, 6.45) is -3.15. The van der Waals surface area contributed by atoms with Gasteiger partial charge >= 0.3 is 5.97 Å². The highest BCUT2D eigenvalue weighted by molar-refractivity contribution is 6.32. The number of aliphatic hydroxyl groups is 2. The molecule has 0 aliphatic carbocycles. The van der Waals surface area contributed by atoms with E-state index in [1.165, 1.54) is 12.1 Å². The van der Waals surface area contributed by atoms with Crippen LogP contribution >= 0.6 is 11.6 Å². The Labute approximate surface area is 110 Å². The van der Waals surface area contributed by atoms with Crippen LogP contribution in [0.15, 0.2) is 12.1 Å². The molecule has 6 heteroatoms. The fourth-order valence-corrected chi connectivity index (χ4v) is 1.75. The van der Waals surface area contributed by atoms with E-state index < -0.39 is 18.2 Å². The summed E-state index contributed by atoms with van der Waals surface area (Å²) >= 11 is 5.75. The zero-order valence-electron chi connectivity index (χ0n) is 10.1. The maximum Gasteiger partial charge on any atom is 0.338 e. The minimum atomic E-state index is -1.69. The van der Waals surface area contributed by atoms with Gasteiger partial charge in [-0.3, -0.25) is 0 Å². The van der Waals surface area contributed by atoms with Crippen LogP contribution in [0.25, 0.3) is 0 Å². The van der Waals surface area contributed by atoms with Crippen molar-refractivity contribution in [3.8, 4) is 5.75 Å². The van der Waals surface area contributed by atoms with Gasteiger partial charge in [0, 0.05) is 0 Å². The van der Waals surface area contributed by atoms with E-state index in [1.54, 1.807) is 13.8 Å². The Hall–Kier alpha value is -1.30. The highest BCUT2D eigenvalue weighted by Gasteiger charge is 2.27. The number of aliphatic hydroxyl groups excluding tert-OH is 2. The van der Waals surface area contributed by atoms with E-state index in [2.05, 4.69) is 4.74 Å². The standard InChI is InChI=1S/C12H15ClO5/c1-3-18-12(17)11(16)10(15)7-4-6(2)9(14)8(13)5-7/h4-5,10-11,14-16H,3H2,1-2H3. The molecule has 0 saturated heterocycles. The van der Waals surface area contributed by atoms with Gasteiger partial charge in [0.2, 0.25) is 0 Å². The number of aryl methyl sites for hydroxylation is 1. The summed E-state index contributed by atoms with van der Waals surface area (Å²) < 4.78 is 4.60. The van der Waals surface area contributed by atoms with Crippen LogP contribution in [0.5, 0.6) is 5.75 Å². The first-order chi connectivity index (χ1) is 8.38. The molecule has 0 fully saturated rings. The van der Waals surface area contributed by atoms with Crippen molar-refractivity contribution in [3.05, 3.63) is 28.3 Å². The van der Waals surface area contributed by atoms with Gasteiger partial charge in [0.15, 0.2) is 6.10 Å². The summed E-state index contributed by atoms with van der Waals surface area (Å²) in [5.74, 6) is -1.01. The van der Waals surface area contributed by atoms with Crippen molar-refractivity contribution in [2.75, 3.05) is 6.61 Å². The van der Waals surface area contributed by atoms with Gasteiger partial charge in [0.05, 0.1) is 11.6 Å². The van der Waals surface area contributed by atoms with Crippen molar-refractivity contribution in [3.63, 3.8) is 0 Å². The van der Waals surface area contributed by atoms with E-state index in [0.29, 0.717) is 5.56 Å².